The van der Waals surface area contributed by atoms with Crippen LogP contribution in [-0.2, 0) is 4.79 Å². The summed E-state index contributed by atoms with van der Waals surface area (Å²) in [6.45, 7) is 9.05. The lowest BCUT2D eigenvalue weighted by atomic mass is 10.2. The molecule has 0 spiro atoms. The van der Waals surface area contributed by atoms with Gasteiger partial charge in [0, 0.05) is 6.04 Å². The first-order chi connectivity index (χ1) is 5.50. The van der Waals surface area contributed by atoms with E-state index in [4.69, 9.17) is 5.73 Å². The molecule has 3 nitrogen and oxygen atoms in total. The van der Waals surface area contributed by atoms with Crippen molar-refractivity contribution in [2.24, 2.45) is 5.73 Å². The molecule has 72 valence electrons. The predicted molar refractivity (Wildman–Crippen MR) is 50.8 cm³/mol. The molecule has 1 unspecified atom stereocenters. The summed E-state index contributed by atoms with van der Waals surface area (Å²) in [6, 6.07) is 0.234. The zero-order valence-electron chi connectivity index (χ0n) is 8.50. The molecule has 0 rings (SSSR count). The Morgan fingerprint density at radius 3 is 2.17 bits per heavy atom. The van der Waals surface area contributed by atoms with Crippen molar-refractivity contribution in [1.29, 1.82) is 0 Å². The highest BCUT2D eigenvalue weighted by Crippen LogP contribution is 2.05. The van der Waals surface area contributed by atoms with Crippen molar-refractivity contribution in [2.45, 2.75) is 46.2 Å². The fraction of sp³-hybridized carbons (Fsp3) is 0.889. The Bertz CT molecular complexity index is 145. The van der Waals surface area contributed by atoms with Crippen molar-refractivity contribution < 1.29 is 4.79 Å². The minimum Gasteiger partial charge on any atom is -0.368 e. The standard InChI is InChI=1S/C9H20N2O/c1-5-6-11(7(2)3)8(4)9(10)12/h7-8H,5-6H2,1-4H3,(H2,10,12). The molecular weight excluding hydrogens is 152 g/mol. The first-order valence-corrected chi connectivity index (χ1v) is 4.55. The van der Waals surface area contributed by atoms with Crippen LogP contribution in [-0.4, -0.2) is 29.4 Å². The number of primary amides is 1. The Hall–Kier alpha value is -0.570. The zero-order valence-corrected chi connectivity index (χ0v) is 8.50. The average molecular weight is 172 g/mol. The maximum atomic E-state index is 10.9. The maximum Gasteiger partial charge on any atom is 0.234 e. The van der Waals surface area contributed by atoms with E-state index in [2.05, 4.69) is 25.7 Å². The molecule has 0 aliphatic rings. The molecule has 0 saturated heterocycles. The Balaban J connectivity index is 4.18. The minimum atomic E-state index is -0.239. The van der Waals surface area contributed by atoms with Gasteiger partial charge in [-0.15, -0.1) is 0 Å². The van der Waals surface area contributed by atoms with E-state index in [1.165, 1.54) is 0 Å². The van der Waals surface area contributed by atoms with Crippen LogP contribution in [0.5, 0.6) is 0 Å². The Labute approximate surface area is 74.9 Å². The normalized spacial score (nSPS) is 13.8. The number of nitrogens with two attached hydrogens (primary N) is 1. The first-order valence-electron chi connectivity index (χ1n) is 4.55. The van der Waals surface area contributed by atoms with Gasteiger partial charge in [0.2, 0.25) is 5.91 Å². The van der Waals surface area contributed by atoms with Crippen LogP contribution < -0.4 is 5.73 Å². The van der Waals surface area contributed by atoms with Crippen molar-refractivity contribution in [3.63, 3.8) is 0 Å². The van der Waals surface area contributed by atoms with E-state index in [0.717, 1.165) is 13.0 Å². The molecule has 0 aromatic rings. The maximum absolute atomic E-state index is 10.9. The van der Waals surface area contributed by atoms with Gasteiger partial charge in [0.05, 0.1) is 6.04 Å². The number of hydrogen-bond donors (Lipinski definition) is 1. The second-order valence-corrected chi connectivity index (χ2v) is 3.41. The molecule has 0 aliphatic heterocycles. The molecule has 0 aromatic heterocycles. The van der Waals surface area contributed by atoms with Crippen LogP contribution in [0.15, 0.2) is 0 Å². The minimum absolute atomic E-state index is 0.148. The van der Waals surface area contributed by atoms with Gasteiger partial charge in [0.25, 0.3) is 0 Å². The molecule has 1 atom stereocenters. The van der Waals surface area contributed by atoms with Crippen LogP contribution in [0, 0.1) is 0 Å². The van der Waals surface area contributed by atoms with Gasteiger partial charge in [-0.25, -0.2) is 0 Å². The number of rotatable bonds is 5. The van der Waals surface area contributed by atoms with Crippen LogP contribution in [0.3, 0.4) is 0 Å². The van der Waals surface area contributed by atoms with Crippen molar-refractivity contribution in [3.8, 4) is 0 Å². The van der Waals surface area contributed by atoms with Gasteiger partial charge in [0.1, 0.15) is 0 Å². The Morgan fingerprint density at radius 1 is 1.42 bits per heavy atom. The third-order valence-electron chi connectivity index (χ3n) is 2.05. The summed E-state index contributed by atoms with van der Waals surface area (Å²) in [6.07, 6.45) is 1.05. The quantitative estimate of drug-likeness (QED) is 0.672. The molecular formula is C9H20N2O. The molecule has 0 bridgehead atoms. The predicted octanol–water partition coefficient (Wildman–Crippen LogP) is 0.981. The lowest BCUT2D eigenvalue weighted by Crippen LogP contribution is -2.46. The van der Waals surface area contributed by atoms with Crippen molar-refractivity contribution >= 4 is 5.91 Å². The van der Waals surface area contributed by atoms with E-state index < -0.39 is 0 Å². The largest absolute Gasteiger partial charge is 0.368 e. The highest BCUT2D eigenvalue weighted by molar-refractivity contribution is 5.79. The summed E-state index contributed by atoms with van der Waals surface area (Å²) < 4.78 is 0. The van der Waals surface area contributed by atoms with Crippen molar-refractivity contribution in [3.05, 3.63) is 0 Å². The Morgan fingerprint density at radius 2 is 1.92 bits per heavy atom. The average Bonchev–Trinajstić information content (AvgIpc) is 1.98. The van der Waals surface area contributed by atoms with Crippen LogP contribution in [0.4, 0.5) is 0 Å². The topological polar surface area (TPSA) is 46.3 Å². The van der Waals surface area contributed by atoms with Gasteiger partial charge in [-0.1, -0.05) is 6.92 Å². The highest BCUT2D eigenvalue weighted by Gasteiger charge is 2.19. The molecule has 0 radical (unpaired) electrons. The Kier molecular flexibility index (Phi) is 4.90. The summed E-state index contributed by atoms with van der Waals surface area (Å²) in [5.74, 6) is -0.239. The molecule has 0 aromatic carbocycles. The summed E-state index contributed by atoms with van der Waals surface area (Å²) in [5, 5.41) is 0. The SMILES string of the molecule is CCCN(C(C)C)C(C)C(N)=O. The number of hydrogen-bond acceptors (Lipinski definition) is 2. The van der Waals surface area contributed by atoms with Crippen LogP contribution in [0.1, 0.15) is 34.1 Å². The van der Waals surface area contributed by atoms with Gasteiger partial charge in [0.15, 0.2) is 0 Å². The fourth-order valence-corrected chi connectivity index (χ4v) is 1.32. The van der Waals surface area contributed by atoms with E-state index in [-0.39, 0.29) is 11.9 Å². The molecule has 1 amide bonds. The fourth-order valence-electron chi connectivity index (χ4n) is 1.32. The summed E-state index contributed by atoms with van der Waals surface area (Å²) in [5.41, 5.74) is 5.22. The van der Waals surface area contributed by atoms with Crippen LogP contribution >= 0.6 is 0 Å². The first kappa shape index (κ1) is 11.4. The number of nitrogens with zero attached hydrogens (tertiary/aromatic N) is 1. The number of carbonyl (C=O) groups excluding carboxylic acids is 1. The molecule has 0 fully saturated rings. The van der Waals surface area contributed by atoms with Gasteiger partial charge in [-0.05, 0) is 33.7 Å². The van der Waals surface area contributed by atoms with E-state index in [1.807, 2.05) is 6.92 Å². The number of carbonyl (C=O) groups is 1. The van der Waals surface area contributed by atoms with Gasteiger partial charge in [-0.2, -0.15) is 0 Å². The van der Waals surface area contributed by atoms with Crippen LogP contribution in [0.25, 0.3) is 0 Å². The van der Waals surface area contributed by atoms with E-state index in [0.29, 0.717) is 6.04 Å². The molecule has 3 heteroatoms. The lowest BCUT2D eigenvalue weighted by Gasteiger charge is -2.30. The highest BCUT2D eigenvalue weighted by atomic mass is 16.1. The third kappa shape index (κ3) is 3.22. The second-order valence-electron chi connectivity index (χ2n) is 3.41. The van der Waals surface area contributed by atoms with Gasteiger partial charge < -0.3 is 5.73 Å². The molecule has 0 aliphatic carbocycles. The number of amides is 1. The van der Waals surface area contributed by atoms with E-state index >= 15 is 0 Å². The van der Waals surface area contributed by atoms with Gasteiger partial charge >= 0.3 is 0 Å². The third-order valence-corrected chi connectivity index (χ3v) is 2.05. The zero-order chi connectivity index (χ0) is 9.72. The van der Waals surface area contributed by atoms with Crippen molar-refractivity contribution in [2.75, 3.05) is 6.54 Å². The van der Waals surface area contributed by atoms with Gasteiger partial charge in [-0.3, -0.25) is 9.69 Å². The molecule has 0 heterocycles. The lowest BCUT2D eigenvalue weighted by molar-refractivity contribution is -0.123. The van der Waals surface area contributed by atoms with Crippen LogP contribution in [0.2, 0.25) is 0 Å². The molecule has 2 N–H and O–H groups in total. The second kappa shape index (κ2) is 5.14. The summed E-state index contributed by atoms with van der Waals surface area (Å²) in [7, 11) is 0. The summed E-state index contributed by atoms with van der Waals surface area (Å²) in [4.78, 5) is 13.0. The monoisotopic (exact) mass is 172 g/mol. The van der Waals surface area contributed by atoms with E-state index in [9.17, 15) is 4.79 Å². The van der Waals surface area contributed by atoms with Crippen molar-refractivity contribution in [1.82, 2.24) is 4.90 Å². The molecule has 12 heavy (non-hydrogen) atoms. The van der Waals surface area contributed by atoms with E-state index in [1.54, 1.807) is 0 Å². The molecule has 0 saturated carbocycles. The smallest absolute Gasteiger partial charge is 0.234 e. The summed E-state index contributed by atoms with van der Waals surface area (Å²) >= 11 is 0.